The number of nitrogens with one attached hydrogen (secondary N) is 1. The summed E-state index contributed by atoms with van der Waals surface area (Å²) in [4.78, 5) is 26.0. The highest BCUT2D eigenvalue weighted by molar-refractivity contribution is 5.94. The van der Waals surface area contributed by atoms with Gasteiger partial charge in [0.25, 0.3) is 5.91 Å². The molecule has 138 valence electrons. The third-order valence-electron chi connectivity index (χ3n) is 4.22. The van der Waals surface area contributed by atoms with E-state index in [0.29, 0.717) is 23.8 Å². The van der Waals surface area contributed by atoms with Crippen molar-refractivity contribution in [3.05, 3.63) is 29.8 Å². The van der Waals surface area contributed by atoms with Gasteiger partial charge in [0.05, 0.1) is 13.2 Å². The third-order valence-corrected chi connectivity index (χ3v) is 4.22. The number of hydrogen-bond acceptors (Lipinski definition) is 5. The molecule has 1 amide bonds. The van der Waals surface area contributed by atoms with Gasteiger partial charge >= 0.3 is 0 Å². The largest absolute Gasteiger partial charge is 0.481 e. The maximum Gasteiger partial charge on any atom is 0.260 e. The fourth-order valence-corrected chi connectivity index (χ4v) is 2.75. The predicted octanol–water partition coefficient (Wildman–Crippen LogP) is 1.74. The van der Waals surface area contributed by atoms with Gasteiger partial charge in [-0.05, 0) is 31.9 Å². The molecule has 0 aliphatic carbocycles. The Morgan fingerprint density at radius 2 is 2.00 bits per heavy atom. The minimum atomic E-state index is -0.613. The van der Waals surface area contributed by atoms with Crippen LogP contribution < -0.4 is 10.1 Å². The van der Waals surface area contributed by atoms with Gasteiger partial charge in [-0.2, -0.15) is 0 Å². The molecule has 2 atom stereocenters. The second kappa shape index (κ2) is 9.53. The van der Waals surface area contributed by atoms with Gasteiger partial charge in [0.2, 0.25) is 0 Å². The second-order valence-corrected chi connectivity index (χ2v) is 6.61. The van der Waals surface area contributed by atoms with Crippen LogP contribution in [0.15, 0.2) is 24.3 Å². The molecule has 0 saturated carbocycles. The van der Waals surface area contributed by atoms with Crippen molar-refractivity contribution >= 4 is 11.7 Å². The average Bonchev–Trinajstić information content (AvgIpc) is 2.60. The number of hydrogen-bond donors (Lipinski definition) is 1. The highest BCUT2D eigenvalue weighted by Gasteiger charge is 2.18. The molecule has 1 aliphatic heterocycles. The van der Waals surface area contributed by atoms with Crippen molar-refractivity contribution in [2.75, 3.05) is 39.4 Å². The zero-order chi connectivity index (χ0) is 18.2. The minimum Gasteiger partial charge on any atom is -0.481 e. The van der Waals surface area contributed by atoms with Crippen LogP contribution in [0, 0.1) is 5.92 Å². The number of nitrogens with zero attached hydrogens (tertiary/aromatic N) is 1. The zero-order valence-corrected chi connectivity index (χ0v) is 15.3. The predicted molar refractivity (Wildman–Crippen MR) is 96.0 cm³/mol. The van der Waals surface area contributed by atoms with E-state index in [1.54, 1.807) is 31.2 Å². The second-order valence-electron chi connectivity index (χ2n) is 6.61. The number of morpholine rings is 1. The van der Waals surface area contributed by atoms with Crippen molar-refractivity contribution < 1.29 is 19.1 Å². The van der Waals surface area contributed by atoms with Gasteiger partial charge in [0, 0.05) is 31.7 Å². The van der Waals surface area contributed by atoms with E-state index in [2.05, 4.69) is 17.1 Å². The molecule has 6 nitrogen and oxygen atoms in total. The monoisotopic (exact) mass is 348 g/mol. The maximum atomic E-state index is 12.2. The molecule has 1 aromatic rings. The van der Waals surface area contributed by atoms with Gasteiger partial charge < -0.3 is 14.8 Å². The molecule has 0 spiro atoms. The number of benzene rings is 1. The van der Waals surface area contributed by atoms with Crippen molar-refractivity contribution in [1.29, 1.82) is 0 Å². The number of ether oxygens (including phenoxy) is 2. The Hall–Kier alpha value is -1.92. The summed E-state index contributed by atoms with van der Waals surface area (Å²) in [5, 5.41) is 2.94. The molecular formula is C19H28N2O4. The molecule has 1 N–H and O–H groups in total. The Labute approximate surface area is 149 Å². The van der Waals surface area contributed by atoms with Crippen molar-refractivity contribution in [2.45, 2.75) is 26.9 Å². The van der Waals surface area contributed by atoms with Gasteiger partial charge in [0.15, 0.2) is 11.9 Å². The van der Waals surface area contributed by atoms with Crippen LogP contribution >= 0.6 is 0 Å². The van der Waals surface area contributed by atoms with Crippen LogP contribution in [-0.2, 0) is 9.53 Å². The fourth-order valence-electron chi connectivity index (χ4n) is 2.75. The number of rotatable bonds is 8. The van der Waals surface area contributed by atoms with Crippen LogP contribution in [0.1, 0.15) is 31.1 Å². The Balaban J connectivity index is 1.75. The highest BCUT2D eigenvalue weighted by Crippen LogP contribution is 2.15. The minimum absolute atomic E-state index is 0.0282. The van der Waals surface area contributed by atoms with E-state index in [4.69, 9.17) is 9.47 Å². The Kier molecular flexibility index (Phi) is 7.40. The van der Waals surface area contributed by atoms with Crippen molar-refractivity contribution in [3.63, 3.8) is 0 Å². The molecule has 0 bridgehead atoms. The van der Waals surface area contributed by atoms with Gasteiger partial charge in [-0.1, -0.05) is 19.1 Å². The lowest BCUT2D eigenvalue weighted by molar-refractivity contribution is -0.127. The van der Waals surface area contributed by atoms with Crippen molar-refractivity contribution in [1.82, 2.24) is 10.2 Å². The van der Waals surface area contributed by atoms with E-state index < -0.39 is 6.10 Å². The molecule has 1 heterocycles. The van der Waals surface area contributed by atoms with E-state index in [9.17, 15) is 9.59 Å². The lowest BCUT2D eigenvalue weighted by atomic mass is 10.1. The topological polar surface area (TPSA) is 67.9 Å². The van der Waals surface area contributed by atoms with Gasteiger partial charge in [-0.15, -0.1) is 0 Å². The SMILES string of the molecule is CC(=O)c1cccc(O[C@H](C)C(=O)NC[C@@H](C)CN2CCOCC2)c1. The van der Waals surface area contributed by atoms with Crippen LogP contribution in [0.3, 0.4) is 0 Å². The van der Waals surface area contributed by atoms with Crippen molar-refractivity contribution in [3.8, 4) is 5.75 Å². The first kappa shape index (κ1) is 19.4. The smallest absolute Gasteiger partial charge is 0.260 e. The van der Waals surface area contributed by atoms with Crippen LogP contribution in [0.5, 0.6) is 5.75 Å². The molecule has 1 fully saturated rings. The van der Waals surface area contributed by atoms with Crippen LogP contribution in [-0.4, -0.2) is 62.1 Å². The maximum absolute atomic E-state index is 12.2. The quantitative estimate of drug-likeness (QED) is 0.725. The van der Waals surface area contributed by atoms with Gasteiger partial charge in [-0.3, -0.25) is 14.5 Å². The first-order valence-corrected chi connectivity index (χ1v) is 8.81. The molecule has 1 aliphatic rings. The summed E-state index contributed by atoms with van der Waals surface area (Å²) >= 11 is 0. The number of amides is 1. The zero-order valence-electron chi connectivity index (χ0n) is 15.3. The first-order valence-electron chi connectivity index (χ1n) is 8.81. The summed E-state index contributed by atoms with van der Waals surface area (Å²) < 4.78 is 11.0. The third kappa shape index (κ3) is 6.48. The Bertz CT molecular complexity index is 585. The number of Topliss-reactive ketones (excluding diaryl/α,β-unsaturated/α-hetero) is 1. The number of carbonyl (C=O) groups is 2. The van der Waals surface area contributed by atoms with Crippen LogP contribution in [0.2, 0.25) is 0 Å². The molecular weight excluding hydrogens is 320 g/mol. The Morgan fingerprint density at radius 1 is 1.28 bits per heavy atom. The van der Waals surface area contributed by atoms with Crippen LogP contribution in [0.4, 0.5) is 0 Å². The summed E-state index contributed by atoms with van der Waals surface area (Å²) in [5.74, 6) is 0.702. The van der Waals surface area contributed by atoms with E-state index >= 15 is 0 Å². The molecule has 0 unspecified atom stereocenters. The summed E-state index contributed by atoms with van der Waals surface area (Å²) in [5.41, 5.74) is 0.573. The van der Waals surface area contributed by atoms with Crippen molar-refractivity contribution in [2.24, 2.45) is 5.92 Å². The van der Waals surface area contributed by atoms with Gasteiger partial charge in [-0.25, -0.2) is 0 Å². The molecule has 1 aromatic carbocycles. The lowest BCUT2D eigenvalue weighted by Crippen LogP contribution is -2.43. The van der Waals surface area contributed by atoms with E-state index in [1.165, 1.54) is 6.92 Å². The number of ketones is 1. The van der Waals surface area contributed by atoms with Crippen LogP contribution in [0.25, 0.3) is 0 Å². The highest BCUT2D eigenvalue weighted by atomic mass is 16.5. The van der Waals surface area contributed by atoms with Gasteiger partial charge in [0.1, 0.15) is 5.75 Å². The average molecular weight is 348 g/mol. The fraction of sp³-hybridized carbons (Fsp3) is 0.579. The normalized spacial score (nSPS) is 17.6. The summed E-state index contributed by atoms with van der Waals surface area (Å²) in [6.45, 7) is 10.4. The standard InChI is InChI=1S/C19H28N2O4/c1-14(13-21-7-9-24-10-8-21)12-20-19(23)16(3)25-18-6-4-5-17(11-18)15(2)22/h4-6,11,14,16H,7-10,12-13H2,1-3H3,(H,20,23)/t14-,16-/m1/s1. The van der Waals surface area contributed by atoms with E-state index in [0.717, 1.165) is 32.8 Å². The molecule has 25 heavy (non-hydrogen) atoms. The molecule has 0 radical (unpaired) electrons. The van der Waals surface area contributed by atoms with E-state index in [1.807, 2.05) is 0 Å². The number of carbonyl (C=O) groups excluding carboxylic acids is 2. The lowest BCUT2D eigenvalue weighted by Gasteiger charge is -2.29. The molecule has 2 rings (SSSR count). The summed E-state index contributed by atoms with van der Waals surface area (Å²) in [6.07, 6.45) is -0.613. The summed E-state index contributed by atoms with van der Waals surface area (Å²) in [7, 11) is 0. The first-order chi connectivity index (χ1) is 12.0. The molecule has 1 saturated heterocycles. The molecule has 6 heteroatoms. The van der Waals surface area contributed by atoms with E-state index in [-0.39, 0.29) is 11.7 Å². The Morgan fingerprint density at radius 3 is 2.68 bits per heavy atom. The summed E-state index contributed by atoms with van der Waals surface area (Å²) in [6, 6.07) is 6.89. The molecule has 0 aromatic heterocycles.